The fourth-order valence-electron chi connectivity index (χ4n) is 1.94. The van der Waals surface area contributed by atoms with Crippen molar-refractivity contribution in [2.24, 2.45) is 16.1 Å². The Balaban J connectivity index is 2.57. The molecule has 1 fully saturated rings. The van der Waals surface area contributed by atoms with Crippen LogP contribution in [0.25, 0.3) is 0 Å². The Morgan fingerprint density at radius 1 is 1.45 bits per heavy atom. The number of primary amides is 1. The number of nitrogens with one attached hydrogen (secondary N) is 2. The van der Waals surface area contributed by atoms with Gasteiger partial charge in [-0.2, -0.15) is 0 Å². The van der Waals surface area contributed by atoms with Gasteiger partial charge in [-0.1, -0.05) is 0 Å². The summed E-state index contributed by atoms with van der Waals surface area (Å²) in [6, 6.07) is 0. The molecule has 0 aromatic carbocycles. The lowest BCUT2D eigenvalue weighted by Gasteiger charge is -2.25. The van der Waals surface area contributed by atoms with Gasteiger partial charge in [-0.3, -0.25) is 9.79 Å². The number of amides is 1. The van der Waals surface area contributed by atoms with Gasteiger partial charge in [0.2, 0.25) is 5.91 Å². The van der Waals surface area contributed by atoms with Gasteiger partial charge in [0, 0.05) is 19.7 Å². The van der Waals surface area contributed by atoms with Crippen molar-refractivity contribution < 1.29 is 9.53 Å². The van der Waals surface area contributed by atoms with Crippen LogP contribution >= 0.6 is 0 Å². The predicted octanol–water partition coefficient (Wildman–Crippen LogP) is 0.622. The van der Waals surface area contributed by atoms with Crippen molar-refractivity contribution in [3.8, 4) is 0 Å². The normalized spacial score (nSPS) is 23.7. The highest BCUT2D eigenvalue weighted by molar-refractivity contribution is 5.82. The quantitative estimate of drug-likeness (QED) is 0.493. The van der Waals surface area contributed by atoms with Gasteiger partial charge in [0.25, 0.3) is 0 Å². The van der Waals surface area contributed by atoms with E-state index in [1.54, 1.807) is 13.8 Å². The fourth-order valence-corrected chi connectivity index (χ4v) is 1.94. The molecule has 0 aliphatic carbocycles. The first-order valence-electron chi connectivity index (χ1n) is 7.25. The molecule has 0 spiro atoms. The summed E-state index contributed by atoms with van der Waals surface area (Å²) in [5.74, 6) is 0.349. The molecule has 1 aliphatic rings. The molecule has 0 aromatic heterocycles. The first-order valence-corrected chi connectivity index (χ1v) is 7.25. The van der Waals surface area contributed by atoms with E-state index in [9.17, 15) is 4.79 Å². The lowest BCUT2D eigenvalue weighted by atomic mass is 9.93. The van der Waals surface area contributed by atoms with Crippen LogP contribution in [0.5, 0.6) is 0 Å². The van der Waals surface area contributed by atoms with Gasteiger partial charge >= 0.3 is 0 Å². The zero-order valence-corrected chi connectivity index (χ0v) is 13.1. The molecule has 1 saturated heterocycles. The Morgan fingerprint density at radius 2 is 2.15 bits per heavy atom. The Bertz CT molecular complexity index is 360. The summed E-state index contributed by atoms with van der Waals surface area (Å²) in [6.45, 7) is 10.3. The van der Waals surface area contributed by atoms with E-state index in [1.165, 1.54) is 0 Å². The van der Waals surface area contributed by atoms with Crippen LogP contribution in [-0.4, -0.2) is 43.7 Å². The number of carbonyl (C=O) groups excluding carboxylic acids is 1. The van der Waals surface area contributed by atoms with Crippen LogP contribution in [0.3, 0.4) is 0 Å². The lowest BCUT2D eigenvalue weighted by molar-refractivity contribution is -0.125. The molecule has 1 rings (SSSR count). The number of hydrogen-bond acceptors (Lipinski definition) is 3. The van der Waals surface area contributed by atoms with E-state index in [4.69, 9.17) is 10.5 Å². The lowest BCUT2D eigenvalue weighted by Crippen LogP contribution is -2.46. The highest BCUT2D eigenvalue weighted by Gasteiger charge is 2.30. The molecule has 1 amide bonds. The minimum atomic E-state index is -0.643. The summed E-state index contributed by atoms with van der Waals surface area (Å²) in [5, 5.41) is 6.44. The molecule has 1 aliphatic heterocycles. The number of rotatable bonds is 6. The molecule has 6 nitrogen and oxygen atoms in total. The van der Waals surface area contributed by atoms with E-state index in [0.717, 1.165) is 26.0 Å². The molecule has 4 N–H and O–H groups in total. The van der Waals surface area contributed by atoms with Crippen LogP contribution < -0.4 is 16.4 Å². The van der Waals surface area contributed by atoms with Crippen molar-refractivity contribution in [2.75, 3.05) is 26.2 Å². The van der Waals surface area contributed by atoms with Crippen molar-refractivity contribution in [1.29, 1.82) is 0 Å². The van der Waals surface area contributed by atoms with Crippen LogP contribution in [0.1, 0.15) is 40.5 Å². The molecule has 0 aromatic rings. The fraction of sp³-hybridized carbons (Fsp3) is 0.857. The summed E-state index contributed by atoms with van der Waals surface area (Å²) >= 11 is 0. The Morgan fingerprint density at radius 3 is 2.65 bits per heavy atom. The number of nitrogens with zero attached hydrogens (tertiary/aromatic N) is 1. The van der Waals surface area contributed by atoms with Crippen molar-refractivity contribution in [2.45, 2.75) is 46.1 Å². The highest BCUT2D eigenvalue weighted by atomic mass is 16.5. The second-order valence-electron chi connectivity index (χ2n) is 6.20. The SMILES string of the molecule is CCNC(=NCC(C)(C)C(N)=O)NCC1(C)CCCO1. The maximum absolute atomic E-state index is 11.3. The molecule has 0 saturated carbocycles. The van der Waals surface area contributed by atoms with Gasteiger partial charge in [0.1, 0.15) is 0 Å². The van der Waals surface area contributed by atoms with Crippen LogP contribution in [0, 0.1) is 5.41 Å². The van der Waals surface area contributed by atoms with Crippen LogP contribution in [0.2, 0.25) is 0 Å². The van der Waals surface area contributed by atoms with Gasteiger partial charge in [-0.15, -0.1) is 0 Å². The minimum absolute atomic E-state index is 0.130. The van der Waals surface area contributed by atoms with E-state index in [0.29, 0.717) is 19.0 Å². The molecule has 116 valence electrons. The number of carbonyl (C=O) groups is 1. The summed E-state index contributed by atoms with van der Waals surface area (Å²) in [6.07, 6.45) is 2.15. The number of hydrogen-bond donors (Lipinski definition) is 3. The number of aliphatic imine (C=N–C) groups is 1. The molecule has 1 atom stereocenters. The number of ether oxygens (including phenoxy) is 1. The number of nitrogens with two attached hydrogens (primary N) is 1. The average Bonchev–Trinajstić information content (AvgIpc) is 2.80. The summed E-state index contributed by atoms with van der Waals surface area (Å²) in [4.78, 5) is 15.7. The predicted molar refractivity (Wildman–Crippen MR) is 80.5 cm³/mol. The molecule has 1 heterocycles. The zero-order chi connectivity index (χ0) is 15.2. The van der Waals surface area contributed by atoms with Crippen molar-refractivity contribution in [3.05, 3.63) is 0 Å². The smallest absolute Gasteiger partial charge is 0.224 e. The van der Waals surface area contributed by atoms with E-state index in [-0.39, 0.29) is 11.5 Å². The van der Waals surface area contributed by atoms with E-state index in [2.05, 4.69) is 22.5 Å². The maximum Gasteiger partial charge on any atom is 0.224 e. The van der Waals surface area contributed by atoms with E-state index >= 15 is 0 Å². The summed E-state index contributed by atoms with van der Waals surface area (Å²) in [7, 11) is 0. The zero-order valence-electron chi connectivity index (χ0n) is 13.1. The van der Waals surface area contributed by atoms with Gasteiger partial charge in [-0.05, 0) is 40.5 Å². The average molecular weight is 284 g/mol. The molecule has 6 heteroatoms. The van der Waals surface area contributed by atoms with Crippen molar-refractivity contribution >= 4 is 11.9 Å². The summed E-state index contributed by atoms with van der Waals surface area (Å²) < 4.78 is 5.73. The van der Waals surface area contributed by atoms with Gasteiger partial charge in [0.05, 0.1) is 17.6 Å². The molecule has 1 unspecified atom stereocenters. The standard InChI is InChI=1S/C14H28N4O2/c1-5-16-12(17-9-13(2,3)11(15)19)18-10-14(4)7-6-8-20-14/h5-10H2,1-4H3,(H2,15,19)(H2,16,17,18). The second kappa shape index (κ2) is 6.92. The topological polar surface area (TPSA) is 88.7 Å². The third kappa shape index (κ3) is 5.00. The largest absolute Gasteiger partial charge is 0.373 e. The van der Waals surface area contributed by atoms with Crippen molar-refractivity contribution in [1.82, 2.24) is 10.6 Å². The Kier molecular flexibility index (Phi) is 5.80. The molecule has 0 radical (unpaired) electrons. The second-order valence-corrected chi connectivity index (χ2v) is 6.20. The minimum Gasteiger partial charge on any atom is -0.373 e. The van der Waals surface area contributed by atoms with Gasteiger partial charge in [0.15, 0.2) is 5.96 Å². The van der Waals surface area contributed by atoms with Gasteiger partial charge < -0.3 is 21.1 Å². The van der Waals surface area contributed by atoms with E-state index < -0.39 is 5.41 Å². The molecule has 20 heavy (non-hydrogen) atoms. The third-order valence-corrected chi connectivity index (χ3v) is 3.57. The third-order valence-electron chi connectivity index (χ3n) is 3.57. The van der Waals surface area contributed by atoms with Gasteiger partial charge in [-0.25, -0.2) is 0 Å². The first kappa shape index (κ1) is 16.8. The molecular formula is C14H28N4O2. The maximum atomic E-state index is 11.3. The monoisotopic (exact) mass is 284 g/mol. The van der Waals surface area contributed by atoms with Crippen LogP contribution in [0.4, 0.5) is 0 Å². The molecule has 0 bridgehead atoms. The van der Waals surface area contributed by atoms with Crippen LogP contribution in [0.15, 0.2) is 4.99 Å². The highest BCUT2D eigenvalue weighted by Crippen LogP contribution is 2.23. The molecular weight excluding hydrogens is 256 g/mol. The first-order chi connectivity index (χ1) is 9.29. The van der Waals surface area contributed by atoms with E-state index in [1.807, 2.05) is 6.92 Å². The Labute approximate surface area is 121 Å². The van der Waals surface area contributed by atoms with Crippen LogP contribution in [-0.2, 0) is 9.53 Å². The van der Waals surface area contributed by atoms with Crippen molar-refractivity contribution in [3.63, 3.8) is 0 Å². The Hall–Kier alpha value is -1.30. The summed E-state index contributed by atoms with van der Waals surface area (Å²) in [5.41, 5.74) is 4.58. The number of guanidine groups is 1.